The van der Waals surface area contributed by atoms with E-state index >= 15 is 0 Å². The Balaban J connectivity index is 1.97. The molecule has 0 radical (unpaired) electrons. The Hall–Kier alpha value is -2.29. The van der Waals surface area contributed by atoms with Gasteiger partial charge < -0.3 is 10.1 Å². The SMILES string of the molecule is CC(C)(C)c1ccc2c(c1)N[C@H](c1ccccc1)C(=O)O2. The van der Waals surface area contributed by atoms with Crippen molar-refractivity contribution in [3.63, 3.8) is 0 Å². The van der Waals surface area contributed by atoms with E-state index in [9.17, 15) is 4.79 Å². The number of nitrogens with one attached hydrogen (secondary N) is 1. The van der Waals surface area contributed by atoms with Crippen LogP contribution in [0.1, 0.15) is 37.9 Å². The van der Waals surface area contributed by atoms with E-state index in [1.807, 2.05) is 42.5 Å². The van der Waals surface area contributed by atoms with Crippen molar-refractivity contribution < 1.29 is 9.53 Å². The van der Waals surface area contributed by atoms with Crippen molar-refractivity contribution in [2.75, 3.05) is 5.32 Å². The van der Waals surface area contributed by atoms with Crippen molar-refractivity contribution in [2.45, 2.75) is 32.2 Å². The highest BCUT2D eigenvalue weighted by Gasteiger charge is 2.29. The summed E-state index contributed by atoms with van der Waals surface area (Å²) in [6.45, 7) is 6.49. The average Bonchev–Trinajstić information content (AvgIpc) is 2.46. The van der Waals surface area contributed by atoms with Crippen molar-refractivity contribution in [3.8, 4) is 5.75 Å². The lowest BCUT2D eigenvalue weighted by atomic mass is 9.86. The van der Waals surface area contributed by atoms with E-state index in [4.69, 9.17) is 4.74 Å². The second-order valence-corrected chi connectivity index (χ2v) is 6.37. The summed E-state index contributed by atoms with van der Waals surface area (Å²) in [6.07, 6.45) is 0. The van der Waals surface area contributed by atoms with Gasteiger partial charge in [-0.1, -0.05) is 57.2 Å². The number of benzene rings is 2. The number of carbonyl (C=O) groups is 1. The first-order valence-electron chi connectivity index (χ1n) is 7.13. The molecule has 3 nitrogen and oxygen atoms in total. The van der Waals surface area contributed by atoms with Crippen molar-refractivity contribution in [1.29, 1.82) is 0 Å². The van der Waals surface area contributed by atoms with Gasteiger partial charge in [0, 0.05) is 0 Å². The molecule has 108 valence electrons. The van der Waals surface area contributed by atoms with Gasteiger partial charge in [-0.15, -0.1) is 0 Å². The second-order valence-electron chi connectivity index (χ2n) is 6.37. The van der Waals surface area contributed by atoms with Crippen molar-refractivity contribution in [2.24, 2.45) is 0 Å². The monoisotopic (exact) mass is 281 g/mol. The Morgan fingerprint density at radius 2 is 1.76 bits per heavy atom. The first-order chi connectivity index (χ1) is 9.95. The fraction of sp³-hybridized carbons (Fsp3) is 0.278. The van der Waals surface area contributed by atoms with Gasteiger partial charge in [0.25, 0.3) is 0 Å². The molecule has 2 aromatic rings. The molecule has 0 bridgehead atoms. The minimum absolute atomic E-state index is 0.0560. The summed E-state index contributed by atoms with van der Waals surface area (Å²) in [4.78, 5) is 12.2. The Morgan fingerprint density at radius 3 is 2.43 bits per heavy atom. The number of fused-ring (bicyclic) bond motifs is 1. The number of rotatable bonds is 1. The molecule has 0 fully saturated rings. The van der Waals surface area contributed by atoms with Gasteiger partial charge in [-0.05, 0) is 28.7 Å². The Labute approximate surface area is 124 Å². The van der Waals surface area contributed by atoms with E-state index in [2.05, 4.69) is 32.2 Å². The van der Waals surface area contributed by atoms with Crippen LogP contribution in [0.3, 0.4) is 0 Å². The summed E-state index contributed by atoms with van der Waals surface area (Å²) in [5.41, 5.74) is 3.05. The average molecular weight is 281 g/mol. The topological polar surface area (TPSA) is 38.3 Å². The van der Waals surface area contributed by atoms with Crippen LogP contribution in [-0.4, -0.2) is 5.97 Å². The first kappa shape index (κ1) is 13.7. The van der Waals surface area contributed by atoms with Crippen LogP contribution in [0, 0.1) is 0 Å². The molecular formula is C18H19NO2. The lowest BCUT2D eigenvalue weighted by molar-refractivity contribution is -0.136. The number of anilines is 1. The fourth-order valence-corrected chi connectivity index (χ4v) is 2.44. The van der Waals surface area contributed by atoms with Gasteiger partial charge in [0.15, 0.2) is 11.8 Å². The van der Waals surface area contributed by atoms with Crippen LogP contribution in [0.5, 0.6) is 5.75 Å². The van der Waals surface area contributed by atoms with Crippen LogP contribution in [-0.2, 0) is 10.2 Å². The van der Waals surface area contributed by atoms with E-state index in [1.165, 1.54) is 5.56 Å². The Kier molecular flexibility index (Phi) is 3.20. The summed E-state index contributed by atoms with van der Waals surface area (Å²) >= 11 is 0. The molecule has 1 aliphatic heterocycles. The maximum Gasteiger partial charge on any atom is 0.338 e. The lowest BCUT2D eigenvalue weighted by Gasteiger charge is -2.28. The van der Waals surface area contributed by atoms with Gasteiger partial charge in [-0.25, -0.2) is 4.79 Å². The molecule has 2 aromatic carbocycles. The van der Waals surface area contributed by atoms with Gasteiger partial charge >= 0.3 is 5.97 Å². The van der Waals surface area contributed by atoms with E-state index in [0.29, 0.717) is 5.75 Å². The number of esters is 1. The zero-order valence-corrected chi connectivity index (χ0v) is 12.5. The van der Waals surface area contributed by atoms with Gasteiger partial charge in [0.05, 0.1) is 5.69 Å². The molecule has 3 heteroatoms. The predicted octanol–water partition coefficient (Wildman–Crippen LogP) is 4.06. The summed E-state index contributed by atoms with van der Waals surface area (Å²) in [7, 11) is 0. The molecule has 0 unspecified atom stereocenters. The quantitative estimate of drug-likeness (QED) is 0.633. The van der Waals surface area contributed by atoms with Gasteiger partial charge in [-0.2, -0.15) is 0 Å². The van der Waals surface area contributed by atoms with Crippen LogP contribution in [0.15, 0.2) is 48.5 Å². The molecule has 0 amide bonds. The standard InChI is InChI=1S/C18H19NO2/c1-18(2,3)13-9-10-15-14(11-13)19-16(17(20)21-15)12-7-5-4-6-8-12/h4-11,16,19H,1-3H3/t16-/m1/s1. The molecule has 1 aliphatic rings. The predicted molar refractivity (Wildman–Crippen MR) is 83.6 cm³/mol. The van der Waals surface area contributed by atoms with Crippen LogP contribution in [0.2, 0.25) is 0 Å². The van der Waals surface area contributed by atoms with E-state index in [-0.39, 0.29) is 11.4 Å². The molecule has 0 spiro atoms. The maximum atomic E-state index is 12.2. The number of hydrogen-bond donors (Lipinski definition) is 1. The van der Waals surface area contributed by atoms with Crippen molar-refractivity contribution in [3.05, 3.63) is 59.7 Å². The van der Waals surface area contributed by atoms with Crippen LogP contribution in [0.4, 0.5) is 5.69 Å². The second kappa shape index (κ2) is 4.92. The highest BCUT2D eigenvalue weighted by Crippen LogP contribution is 2.37. The Morgan fingerprint density at radius 1 is 1.05 bits per heavy atom. The first-order valence-corrected chi connectivity index (χ1v) is 7.13. The number of hydrogen-bond acceptors (Lipinski definition) is 3. The lowest BCUT2D eigenvalue weighted by Crippen LogP contribution is -2.30. The fourth-order valence-electron chi connectivity index (χ4n) is 2.44. The Bertz CT molecular complexity index is 671. The summed E-state index contributed by atoms with van der Waals surface area (Å²) in [5.74, 6) is 0.331. The third-order valence-electron chi connectivity index (χ3n) is 3.72. The van der Waals surface area contributed by atoms with E-state index < -0.39 is 6.04 Å². The molecule has 0 saturated carbocycles. The van der Waals surface area contributed by atoms with Crippen LogP contribution < -0.4 is 10.1 Å². The molecule has 1 N–H and O–H groups in total. The van der Waals surface area contributed by atoms with Gasteiger partial charge in [0.1, 0.15) is 0 Å². The largest absolute Gasteiger partial charge is 0.423 e. The number of ether oxygens (including phenoxy) is 1. The summed E-state index contributed by atoms with van der Waals surface area (Å²) < 4.78 is 5.47. The van der Waals surface area contributed by atoms with Gasteiger partial charge in [0.2, 0.25) is 0 Å². The number of carbonyl (C=O) groups excluding carboxylic acids is 1. The normalized spacial score (nSPS) is 17.7. The maximum absolute atomic E-state index is 12.2. The molecule has 1 heterocycles. The molecule has 0 aliphatic carbocycles. The zero-order valence-electron chi connectivity index (χ0n) is 12.5. The zero-order chi connectivity index (χ0) is 15.0. The molecule has 1 atom stereocenters. The van der Waals surface area contributed by atoms with Crippen molar-refractivity contribution in [1.82, 2.24) is 0 Å². The minimum Gasteiger partial charge on any atom is -0.423 e. The highest BCUT2D eigenvalue weighted by atomic mass is 16.5. The van der Waals surface area contributed by atoms with Crippen molar-refractivity contribution >= 4 is 11.7 Å². The minimum atomic E-state index is -0.450. The molecule has 21 heavy (non-hydrogen) atoms. The third-order valence-corrected chi connectivity index (χ3v) is 3.72. The smallest absolute Gasteiger partial charge is 0.338 e. The van der Waals surface area contributed by atoms with Gasteiger partial charge in [-0.3, -0.25) is 0 Å². The molecule has 0 aromatic heterocycles. The van der Waals surface area contributed by atoms with Crippen LogP contribution >= 0.6 is 0 Å². The summed E-state index contributed by atoms with van der Waals surface area (Å²) in [6, 6.07) is 15.1. The van der Waals surface area contributed by atoms with Crippen LogP contribution in [0.25, 0.3) is 0 Å². The molecular weight excluding hydrogens is 262 g/mol. The highest BCUT2D eigenvalue weighted by molar-refractivity contribution is 5.88. The third kappa shape index (κ3) is 2.64. The van der Waals surface area contributed by atoms with E-state index in [1.54, 1.807) is 0 Å². The summed E-state index contributed by atoms with van der Waals surface area (Å²) in [5, 5.41) is 3.30. The van der Waals surface area contributed by atoms with E-state index in [0.717, 1.165) is 11.3 Å². The molecule has 3 rings (SSSR count). The molecule has 0 saturated heterocycles.